The average Bonchev–Trinajstić information content (AvgIpc) is 2.17. The molecular weight excluding hydrogens is 242 g/mol. The highest BCUT2D eigenvalue weighted by Gasteiger charge is 2.12. The van der Waals surface area contributed by atoms with Crippen molar-refractivity contribution in [2.75, 3.05) is 7.11 Å². The van der Waals surface area contributed by atoms with E-state index in [2.05, 4.69) is 29.8 Å². The van der Waals surface area contributed by atoms with Crippen molar-refractivity contribution in [3.05, 3.63) is 28.2 Å². The zero-order valence-corrected chi connectivity index (χ0v) is 10.3. The molecule has 0 unspecified atom stereocenters. The monoisotopic (exact) mass is 257 g/mol. The first-order valence-electron chi connectivity index (χ1n) is 4.65. The molecule has 0 amide bonds. The summed E-state index contributed by atoms with van der Waals surface area (Å²) >= 11 is 3.41. The van der Waals surface area contributed by atoms with Crippen molar-refractivity contribution in [1.29, 1.82) is 0 Å². The number of hydrogen-bond acceptors (Lipinski definition) is 2. The second-order valence-corrected chi connectivity index (χ2v) is 4.52. The van der Waals surface area contributed by atoms with Crippen molar-refractivity contribution in [1.82, 2.24) is 0 Å². The van der Waals surface area contributed by atoms with Gasteiger partial charge in [-0.25, -0.2) is 0 Å². The van der Waals surface area contributed by atoms with Crippen LogP contribution in [0.25, 0.3) is 0 Å². The summed E-state index contributed by atoms with van der Waals surface area (Å²) in [4.78, 5) is 0. The largest absolute Gasteiger partial charge is 0.496 e. The number of ether oxygens (including phenoxy) is 1. The van der Waals surface area contributed by atoms with Gasteiger partial charge in [0.25, 0.3) is 0 Å². The number of nitrogens with two attached hydrogens (primary N) is 1. The molecule has 2 nitrogen and oxygen atoms in total. The predicted octanol–water partition coefficient (Wildman–Crippen LogP) is 3.11. The Balaban J connectivity index is 3.00. The molecular formula is C11H16BrNO. The Morgan fingerprint density at radius 2 is 2.00 bits per heavy atom. The Labute approximate surface area is 93.6 Å². The van der Waals surface area contributed by atoms with Gasteiger partial charge in [0.05, 0.1) is 11.6 Å². The standard InChI is InChI=1S/C11H16BrNO/c1-7(2)11(13)8-4-5-9(12)10(6-8)14-3/h4-7,11H,13H2,1-3H3/t11-/m0/s1. The molecule has 3 heteroatoms. The van der Waals surface area contributed by atoms with Crippen LogP contribution in [0.1, 0.15) is 25.5 Å². The number of benzene rings is 1. The SMILES string of the molecule is COc1cc([C@@H](N)C(C)C)ccc1Br. The van der Waals surface area contributed by atoms with Gasteiger partial charge >= 0.3 is 0 Å². The third-order valence-electron chi connectivity index (χ3n) is 2.28. The van der Waals surface area contributed by atoms with Gasteiger partial charge in [0, 0.05) is 6.04 Å². The fourth-order valence-corrected chi connectivity index (χ4v) is 1.68. The van der Waals surface area contributed by atoms with E-state index in [0.717, 1.165) is 15.8 Å². The molecule has 0 bridgehead atoms. The normalized spacial score (nSPS) is 13.0. The van der Waals surface area contributed by atoms with E-state index in [0.29, 0.717) is 5.92 Å². The first-order valence-corrected chi connectivity index (χ1v) is 5.44. The zero-order chi connectivity index (χ0) is 10.7. The van der Waals surface area contributed by atoms with E-state index in [9.17, 15) is 0 Å². The molecule has 0 aliphatic carbocycles. The predicted molar refractivity (Wildman–Crippen MR) is 62.5 cm³/mol. The molecule has 14 heavy (non-hydrogen) atoms. The van der Waals surface area contributed by atoms with Gasteiger partial charge in [0.1, 0.15) is 5.75 Å². The number of hydrogen-bond donors (Lipinski definition) is 1. The Bertz CT molecular complexity index is 312. The van der Waals surface area contributed by atoms with E-state index in [1.807, 2.05) is 18.2 Å². The van der Waals surface area contributed by atoms with E-state index < -0.39 is 0 Å². The molecule has 0 saturated heterocycles. The van der Waals surface area contributed by atoms with Crippen LogP contribution < -0.4 is 10.5 Å². The van der Waals surface area contributed by atoms with Crippen LogP contribution in [0.2, 0.25) is 0 Å². The maximum absolute atomic E-state index is 6.04. The third kappa shape index (κ3) is 2.49. The summed E-state index contributed by atoms with van der Waals surface area (Å²) < 4.78 is 6.17. The van der Waals surface area contributed by atoms with E-state index in [1.54, 1.807) is 7.11 Å². The van der Waals surface area contributed by atoms with Crippen LogP contribution in [-0.2, 0) is 0 Å². The molecule has 1 rings (SSSR count). The highest BCUT2D eigenvalue weighted by atomic mass is 79.9. The first-order chi connectivity index (χ1) is 6.56. The second kappa shape index (κ2) is 4.80. The summed E-state index contributed by atoms with van der Waals surface area (Å²) in [7, 11) is 1.66. The molecule has 1 aromatic rings. The Hall–Kier alpha value is -0.540. The molecule has 0 heterocycles. The molecule has 0 aliphatic rings. The Kier molecular flexibility index (Phi) is 3.96. The third-order valence-corrected chi connectivity index (χ3v) is 2.93. The van der Waals surface area contributed by atoms with Gasteiger partial charge in [-0.05, 0) is 39.5 Å². The fraction of sp³-hybridized carbons (Fsp3) is 0.455. The summed E-state index contributed by atoms with van der Waals surface area (Å²) in [5, 5.41) is 0. The minimum atomic E-state index is 0.0667. The van der Waals surface area contributed by atoms with Crippen molar-refractivity contribution in [3.63, 3.8) is 0 Å². The topological polar surface area (TPSA) is 35.2 Å². The van der Waals surface area contributed by atoms with Crippen LogP contribution in [-0.4, -0.2) is 7.11 Å². The van der Waals surface area contributed by atoms with Crippen LogP contribution in [0, 0.1) is 5.92 Å². The van der Waals surface area contributed by atoms with E-state index >= 15 is 0 Å². The second-order valence-electron chi connectivity index (χ2n) is 3.66. The van der Waals surface area contributed by atoms with Gasteiger partial charge in [0.2, 0.25) is 0 Å². The van der Waals surface area contributed by atoms with Crippen molar-refractivity contribution in [2.45, 2.75) is 19.9 Å². The molecule has 0 aliphatic heterocycles. The van der Waals surface area contributed by atoms with Gasteiger partial charge in [-0.2, -0.15) is 0 Å². The lowest BCUT2D eigenvalue weighted by molar-refractivity contribution is 0.410. The smallest absolute Gasteiger partial charge is 0.133 e. The molecule has 0 fully saturated rings. The average molecular weight is 258 g/mol. The molecule has 0 saturated carbocycles. The van der Waals surface area contributed by atoms with Crippen molar-refractivity contribution in [2.24, 2.45) is 11.7 Å². The summed E-state index contributed by atoms with van der Waals surface area (Å²) in [5.74, 6) is 1.26. The maximum Gasteiger partial charge on any atom is 0.133 e. The van der Waals surface area contributed by atoms with Crippen molar-refractivity contribution >= 4 is 15.9 Å². The Morgan fingerprint density at radius 1 is 1.36 bits per heavy atom. The number of rotatable bonds is 3. The molecule has 0 aromatic heterocycles. The summed E-state index contributed by atoms with van der Waals surface area (Å²) in [5.41, 5.74) is 7.15. The minimum absolute atomic E-state index is 0.0667. The summed E-state index contributed by atoms with van der Waals surface area (Å²) in [6.45, 7) is 4.22. The summed E-state index contributed by atoms with van der Waals surface area (Å²) in [6.07, 6.45) is 0. The van der Waals surface area contributed by atoms with E-state index in [4.69, 9.17) is 10.5 Å². The van der Waals surface area contributed by atoms with Crippen LogP contribution in [0.5, 0.6) is 5.75 Å². The lowest BCUT2D eigenvalue weighted by Crippen LogP contribution is -2.16. The fourth-order valence-electron chi connectivity index (χ4n) is 1.27. The highest BCUT2D eigenvalue weighted by Crippen LogP contribution is 2.29. The molecule has 78 valence electrons. The molecule has 1 atom stereocenters. The van der Waals surface area contributed by atoms with Crippen LogP contribution >= 0.6 is 15.9 Å². The molecule has 2 N–H and O–H groups in total. The van der Waals surface area contributed by atoms with Crippen LogP contribution in [0.15, 0.2) is 22.7 Å². The Morgan fingerprint density at radius 3 is 2.50 bits per heavy atom. The van der Waals surface area contributed by atoms with E-state index in [1.165, 1.54) is 0 Å². The maximum atomic E-state index is 6.04. The van der Waals surface area contributed by atoms with Gasteiger partial charge in [-0.1, -0.05) is 19.9 Å². The molecule has 1 aromatic carbocycles. The lowest BCUT2D eigenvalue weighted by atomic mass is 9.97. The van der Waals surface area contributed by atoms with Gasteiger partial charge in [0.15, 0.2) is 0 Å². The summed E-state index contributed by atoms with van der Waals surface area (Å²) in [6, 6.07) is 6.04. The quantitative estimate of drug-likeness (QED) is 0.904. The first kappa shape index (κ1) is 11.5. The molecule has 0 radical (unpaired) electrons. The highest BCUT2D eigenvalue weighted by molar-refractivity contribution is 9.10. The van der Waals surface area contributed by atoms with Crippen LogP contribution in [0.4, 0.5) is 0 Å². The van der Waals surface area contributed by atoms with Crippen molar-refractivity contribution < 1.29 is 4.74 Å². The van der Waals surface area contributed by atoms with Gasteiger partial charge < -0.3 is 10.5 Å². The van der Waals surface area contributed by atoms with E-state index in [-0.39, 0.29) is 6.04 Å². The number of halogens is 1. The van der Waals surface area contributed by atoms with Crippen LogP contribution in [0.3, 0.4) is 0 Å². The van der Waals surface area contributed by atoms with Gasteiger partial charge in [-0.15, -0.1) is 0 Å². The molecule has 0 spiro atoms. The van der Waals surface area contributed by atoms with Gasteiger partial charge in [-0.3, -0.25) is 0 Å². The minimum Gasteiger partial charge on any atom is -0.496 e. The number of methoxy groups -OCH3 is 1. The zero-order valence-electron chi connectivity index (χ0n) is 8.75. The van der Waals surface area contributed by atoms with Crippen molar-refractivity contribution in [3.8, 4) is 5.75 Å². The lowest BCUT2D eigenvalue weighted by Gasteiger charge is -2.17.